The van der Waals surface area contributed by atoms with Crippen LogP contribution < -0.4 is 0 Å². The molecule has 0 aromatic heterocycles. The van der Waals surface area contributed by atoms with Crippen molar-refractivity contribution in [1.82, 2.24) is 4.90 Å². The van der Waals surface area contributed by atoms with Gasteiger partial charge in [-0.1, -0.05) is 15.9 Å². The molecule has 1 fully saturated rings. The zero-order valence-electron chi connectivity index (χ0n) is 8.98. The second-order valence-electron chi connectivity index (χ2n) is 4.02. The number of halogens is 7. The quantitative estimate of drug-likeness (QED) is 0.530. The highest BCUT2D eigenvalue weighted by Crippen LogP contribution is 2.40. The van der Waals surface area contributed by atoms with Crippen molar-refractivity contribution in [2.24, 2.45) is 5.92 Å². The number of carbonyl (C=O) groups excluding carboxylic acids is 1. The van der Waals surface area contributed by atoms with Crippen LogP contribution in [0.2, 0.25) is 0 Å². The minimum absolute atomic E-state index is 0.0248. The van der Waals surface area contributed by atoms with Crippen molar-refractivity contribution in [2.45, 2.75) is 30.0 Å². The van der Waals surface area contributed by atoms with Crippen LogP contribution in [0.15, 0.2) is 0 Å². The highest BCUT2D eigenvalue weighted by molar-refractivity contribution is 9.09. The van der Waals surface area contributed by atoms with Crippen LogP contribution >= 0.6 is 15.9 Å². The van der Waals surface area contributed by atoms with Crippen molar-refractivity contribution in [3.8, 4) is 0 Å². The first kappa shape index (κ1) is 15.6. The third kappa shape index (κ3) is 3.76. The predicted molar refractivity (Wildman–Crippen MR) is 54.1 cm³/mol. The van der Waals surface area contributed by atoms with E-state index in [9.17, 15) is 31.1 Å². The maximum Gasteiger partial charge on any atom is 0.409 e. The van der Waals surface area contributed by atoms with Gasteiger partial charge in [0.15, 0.2) is 0 Å². The molecule has 0 aromatic carbocycles. The predicted octanol–water partition coefficient (Wildman–Crippen LogP) is 3.11. The van der Waals surface area contributed by atoms with Crippen molar-refractivity contribution < 1.29 is 31.1 Å². The molecule has 2 nitrogen and oxygen atoms in total. The normalized spacial score (nSPS) is 19.4. The molecule has 1 aliphatic rings. The number of rotatable bonds is 1. The summed E-state index contributed by atoms with van der Waals surface area (Å²) >= 11 is 3.20. The fourth-order valence-corrected chi connectivity index (χ4v) is 2.13. The standard InChI is InChI=1S/C9H10BrF6NO/c10-5-1-3-17(4-2-5)7(18)6(8(11,12)13)9(14,15)16/h5-6H,1-4H2. The van der Waals surface area contributed by atoms with E-state index in [2.05, 4.69) is 15.9 Å². The summed E-state index contributed by atoms with van der Waals surface area (Å²) in [4.78, 5) is 12.0. The first-order chi connectivity index (χ1) is 8.03. The smallest absolute Gasteiger partial charge is 0.342 e. The lowest BCUT2D eigenvalue weighted by molar-refractivity contribution is -0.277. The Bertz CT molecular complexity index is 293. The maximum absolute atomic E-state index is 12.3. The second kappa shape index (κ2) is 5.26. The Balaban J connectivity index is 2.84. The number of hydrogen-bond acceptors (Lipinski definition) is 1. The van der Waals surface area contributed by atoms with Crippen LogP contribution in [0.1, 0.15) is 12.8 Å². The molecule has 1 saturated heterocycles. The minimum Gasteiger partial charge on any atom is -0.342 e. The van der Waals surface area contributed by atoms with Gasteiger partial charge in [0.2, 0.25) is 11.8 Å². The molecule has 106 valence electrons. The van der Waals surface area contributed by atoms with E-state index in [-0.39, 0.29) is 17.9 Å². The van der Waals surface area contributed by atoms with Gasteiger partial charge in [0.1, 0.15) is 0 Å². The fourth-order valence-electron chi connectivity index (χ4n) is 1.72. The molecular weight excluding hydrogens is 332 g/mol. The van der Waals surface area contributed by atoms with Crippen LogP contribution in [0.5, 0.6) is 0 Å². The lowest BCUT2D eigenvalue weighted by atomic mass is 10.0. The van der Waals surface area contributed by atoms with Gasteiger partial charge in [-0.3, -0.25) is 4.79 Å². The minimum atomic E-state index is -5.61. The molecule has 0 radical (unpaired) electrons. The van der Waals surface area contributed by atoms with E-state index in [1.54, 1.807) is 0 Å². The molecule has 9 heteroatoms. The average Bonchev–Trinajstić information content (AvgIpc) is 2.13. The molecule has 0 N–H and O–H groups in total. The van der Waals surface area contributed by atoms with E-state index in [4.69, 9.17) is 0 Å². The van der Waals surface area contributed by atoms with Gasteiger partial charge in [0, 0.05) is 17.9 Å². The number of alkyl halides is 7. The molecule has 0 unspecified atom stereocenters. The maximum atomic E-state index is 12.3. The molecule has 1 aliphatic heterocycles. The van der Waals surface area contributed by atoms with Gasteiger partial charge < -0.3 is 4.90 Å². The summed E-state index contributed by atoms with van der Waals surface area (Å²) in [5.74, 6) is -5.83. The van der Waals surface area contributed by atoms with Gasteiger partial charge >= 0.3 is 12.4 Å². The van der Waals surface area contributed by atoms with E-state index in [1.807, 2.05) is 0 Å². The highest BCUT2D eigenvalue weighted by atomic mass is 79.9. The summed E-state index contributed by atoms with van der Waals surface area (Å²) in [5, 5.41) is 0. The lowest BCUT2D eigenvalue weighted by Gasteiger charge is -2.33. The van der Waals surface area contributed by atoms with Crippen molar-refractivity contribution in [3.05, 3.63) is 0 Å². The fraction of sp³-hybridized carbons (Fsp3) is 0.889. The summed E-state index contributed by atoms with van der Waals surface area (Å²) < 4.78 is 73.9. The molecular formula is C9H10BrF6NO. The zero-order valence-corrected chi connectivity index (χ0v) is 10.6. The summed E-state index contributed by atoms with van der Waals surface area (Å²) in [7, 11) is 0. The van der Waals surface area contributed by atoms with E-state index >= 15 is 0 Å². The highest BCUT2D eigenvalue weighted by Gasteiger charge is 2.62. The summed E-state index contributed by atoms with van der Waals surface area (Å²) in [6.07, 6.45) is -10.5. The third-order valence-corrected chi connectivity index (χ3v) is 3.55. The first-order valence-corrected chi connectivity index (χ1v) is 6.01. The lowest BCUT2D eigenvalue weighted by Crippen LogP contribution is -2.51. The zero-order chi connectivity index (χ0) is 14.1. The first-order valence-electron chi connectivity index (χ1n) is 5.09. The number of nitrogens with zero attached hydrogens (tertiary/aromatic N) is 1. The number of carbonyl (C=O) groups is 1. The number of amides is 1. The van der Waals surface area contributed by atoms with Crippen LogP contribution in [0.3, 0.4) is 0 Å². The van der Waals surface area contributed by atoms with Crippen LogP contribution in [-0.4, -0.2) is 41.1 Å². The van der Waals surface area contributed by atoms with Gasteiger partial charge in [-0.05, 0) is 12.8 Å². The van der Waals surface area contributed by atoms with E-state index in [0.29, 0.717) is 17.7 Å². The molecule has 0 atom stereocenters. The van der Waals surface area contributed by atoms with Gasteiger partial charge in [-0.15, -0.1) is 0 Å². The number of likely N-dealkylation sites (tertiary alicyclic amines) is 1. The number of piperidine rings is 1. The monoisotopic (exact) mass is 341 g/mol. The van der Waals surface area contributed by atoms with Crippen LogP contribution in [-0.2, 0) is 4.79 Å². The molecule has 0 aromatic rings. The van der Waals surface area contributed by atoms with Gasteiger partial charge in [0.05, 0.1) is 0 Å². The van der Waals surface area contributed by atoms with E-state index in [0.717, 1.165) is 0 Å². The third-order valence-electron chi connectivity index (χ3n) is 2.64. The second-order valence-corrected chi connectivity index (χ2v) is 5.31. The molecule has 1 amide bonds. The van der Waals surface area contributed by atoms with Crippen molar-refractivity contribution >= 4 is 21.8 Å². The van der Waals surface area contributed by atoms with Crippen LogP contribution in [0.4, 0.5) is 26.3 Å². The molecule has 0 bridgehead atoms. The molecule has 18 heavy (non-hydrogen) atoms. The Kier molecular flexibility index (Phi) is 4.56. The summed E-state index contributed by atoms with van der Waals surface area (Å²) in [5.41, 5.74) is 0. The Hall–Kier alpha value is -0.470. The van der Waals surface area contributed by atoms with E-state index < -0.39 is 24.2 Å². The van der Waals surface area contributed by atoms with Crippen molar-refractivity contribution in [1.29, 1.82) is 0 Å². The number of hydrogen-bond donors (Lipinski definition) is 0. The van der Waals surface area contributed by atoms with E-state index in [1.165, 1.54) is 0 Å². The largest absolute Gasteiger partial charge is 0.409 e. The molecule has 0 aliphatic carbocycles. The van der Waals surface area contributed by atoms with Gasteiger partial charge in [-0.25, -0.2) is 0 Å². The Morgan fingerprint density at radius 2 is 1.44 bits per heavy atom. The molecule has 0 saturated carbocycles. The Labute approximate surface area is 107 Å². The molecule has 1 rings (SSSR count). The van der Waals surface area contributed by atoms with Crippen LogP contribution in [0.25, 0.3) is 0 Å². The SMILES string of the molecule is O=C(C(C(F)(F)F)C(F)(F)F)N1CCC(Br)CC1. The van der Waals surface area contributed by atoms with Crippen LogP contribution in [0, 0.1) is 5.92 Å². The van der Waals surface area contributed by atoms with Crippen molar-refractivity contribution in [2.75, 3.05) is 13.1 Å². The topological polar surface area (TPSA) is 20.3 Å². The summed E-state index contributed by atoms with van der Waals surface area (Å²) in [6.45, 7) is -0.200. The molecule has 0 spiro atoms. The molecule has 1 heterocycles. The van der Waals surface area contributed by atoms with Crippen molar-refractivity contribution in [3.63, 3.8) is 0 Å². The van der Waals surface area contributed by atoms with Gasteiger partial charge in [-0.2, -0.15) is 26.3 Å². The summed E-state index contributed by atoms with van der Waals surface area (Å²) in [6, 6.07) is 0. The average molecular weight is 342 g/mol. The van der Waals surface area contributed by atoms with Gasteiger partial charge in [0.25, 0.3) is 0 Å². The Morgan fingerprint density at radius 3 is 1.78 bits per heavy atom. The Morgan fingerprint density at radius 1 is 1.06 bits per heavy atom.